The molecule has 174 valence electrons. The molecular formula is C21H27F3N5O3+. The molecule has 2 aliphatic heterocycles. The summed E-state index contributed by atoms with van der Waals surface area (Å²) in [5.41, 5.74) is 0.668. The lowest BCUT2D eigenvalue weighted by Crippen LogP contribution is -3.14. The Labute approximate surface area is 183 Å². The van der Waals surface area contributed by atoms with Gasteiger partial charge >= 0.3 is 6.18 Å². The van der Waals surface area contributed by atoms with E-state index in [1.165, 1.54) is 18.1 Å². The van der Waals surface area contributed by atoms with Crippen LogP contribution in [0.2, 0.25) is 0 Å². The number of halogens is 3. The summed E-state index contributed by atoms with van der Waals surface area (Å²) in [4.78, 5) is 13.9. The molecule has 1 aromatic heterocycles. The average molecular weight is 454 g/mol. The number of aromatic nitrogens is 2. The predicted molar refractivity (Wildman–Crippen MR) is 110 cm³/mol. The normalized spacial score (nSPS) is 21.5. The molecule has 1 saturated heterocycles. The standard InChI is InChI=1S/C21H26F3N5O3/c1-31-15-4-2-14(3-5-15)16-12-18(21(22,23)24)29-19(26-16)13-17(27-29)20(30)25-6-7-28-8-10-32-11-9-28/h2-5,13,16,18,26H,6-12H2,1H3,(H,25,30)/p+1/t16-,18+/m0/s1. The summed E-state index contributed by atoms with van der Waals surface area (Å²) in [6.45, 7) is 4.28. The van der Waals surface area contributed by atoms with Crippen LogP contribution < -0.4 is 20.3 Å². The lowest BCUT2D eigenvalue weighted by molar-refractivity contribution is -0.906. The number of quaternary nitrogens is 1. The van der Waals surface area contributed by atoms with Gasteiger partial charge in [-0.25, -0.2) is 4.68 Å². The Morgan fingerprint density at radius 3 is 2.69 bits per heavy atom. The van der Waals surface area contributed by atoms with Crippen molar-refractivity contribution in [2.24, 2.45) is 0 Å². The Balaban J connectivity index is 1.47. The SMILES string of the molecule is COc1ccc([C@@H]2C[C@H](C(F)(F)F)n3nc(C(=O)NCC[NH+]4CCOCC4)cc3N2)cc1. The van der Waals surface area contributed by atoms with Crippen molar-refractivity contribution in [2.75, 3.05) is 51.8 Å². The Morgan fingerprint density at radius 2 is 2.03 bits per heavy atom. The zero-order valence-electron chi connectivity index (χ0n) is 17.7. The van der Waals surface area contributed by atoms with Gasteiger partial charge in [-0.05, 0) is 17.7 Å². The number of fused-ring (bicyclic) bond motifs is 1. The van der Waals surface area contributed by atoms with E-state index in [-0.39, 0.29) is 17.9 Å². The van der Waals surface area contributed by atoms with E-state index in [4.69, 9.17) is 9.47 Å². The van der Waals surface area contributed by atoms with E-state index < -0.39 is 24.2 Å². The fourth-order valence-electron chi connectivity index (χ4n) is 4.09. The molecule has 1 aromatic carbocycles. The summed E-state index contributed by atoms with van der Waals surface area (Å²) < 4.78 is 52.8. The average Bonchev–Trinajstić information content (AvgIpc) is 3.23. The van der Waals surface area contributed by atoms with Gasteiger partial charge in [0.25, 0.3) is 5.91 Å². The first-order valence-electron chi connectivity index (χ1n) is 10.6. The number of ether oxygens (including phenoxy) is 2. The van der Waals surface area contributed by atoms with E-state index in [0.717, 1.165) is 24.3 Å². The summed E-state index contributed by atoms with van der Waals surface area (Å²) in [5, 5.41) is 9.86. The molecule has 0 saturated carbocycles. The Hall–Kier alpha value is -2.79. The molecule has 0 aliphatic carbocycles. The minimum absolute atomic E-state index is 0.0332. The Kier molecular flexibility index (Phi) is 6.56. The molecule has 3 N–H and O–H groups in total. The van der Waals surface area contributed by atoms with E-state index >= 15 is 0 Å². The number of nitrogens with zero attached hydrogens (tertiary/aromatic N) is 2. The lowest BCUT2D eigenvalue weighted by Gasteiger charge is -2.33. The van der Waals surface area contributed by atoms with E-state index in [0.29, 0.717) is 31.1 Å². The highest BCUT2D eigenvalue weighted by atomic mass is 19.4. The molecule has 11 heteroatoms. The fourth-order valence-corrected chi connectivity index (χ4v) is 4.09. The van der Waals surface area contributed by atoms with Crippen LogP contribution in [0, 0.1) is 0 Å². The van der Waals surface area contributed by atoms with Crippen LogP contribution in [0.15, 0.2) is 30.3 Å². The molecule has 2 aliphatic rings. The number of morpholine rings is 1. The number of methoxy groups -OCH3 is 1. The highest BCUT2D eigenvalue weighted by Crippen LogP contribution is 2.43. The summed E-state index contributed by atoms with van der Waals surface area (Å²) in [5.74, 6) is 0.312. The molecule has 0 radical (unpaired) electrons. The van der Waals surface area contributed by atoms with Crippen LogP contribution in [0.5, 0.6) is 5.75 Å². The number of carbonyl (C=O) groups is 1. The number of rotatable bonds is 6. The summed E-state index contributed by atoms with van der Waals surface area (Å²) in [6.07, 6.45) is -4.73. The van der Waals surface area contributed by atoms with Gasteiger partial charge in [0.1, 0.15) is 24.7 Å². The highest BCUT2D eigenvalue weighted by molar-refractivity contribution is 5.93. The molecule has 8 nitrogen and oxygen atoms in total. The Morgan fingerprint density at radius 1 is 1.31 bits per heavy atom. The smallest absolute Gasteiger partial charge is 0.410 e. The number of benzene rings is 1. The minimum atomic E-state index is -4.50. The van der Waals surface area contributed by atoms with Crippen molar-refractivity contribution in [3.63, 3.8) is 0 Å². The van der Waals surface area contributed by atoms with Crippen LogP contribution in [-0.4, -0.2) is 68.4 Å². The number of alkyl halides is 3. The van der Waals surface area contributed by atoms with Crippen LogP contribution in [0.1, 0.15) is 34.6 Å². The van der Waals surface area contributed by atoms with E-state index in [1.807, 2.05) is 0 Å². The first-order chi connectivity index (χ1) is 15.3. The monoisotopic (exact) mass is 454 g/mol. The zero-order chi connectivity index (χ0) is 22.7. The lowest BCUT2D eigenvalue weighted by atomic mass is 9.97. The molecule has 32 heavy (non-hydrogen) atoms. The number of nitrogens with one attached hydrogen (secondary N) is 3. The van der Waals surface area contributed by atoms with Crippen molar-refractivity contribution in [2.45, 2.75) is 24.7 Å². The van der Waals surface area contributed by atoms with Gasteiger partial charge in [0, 0.05) is 12.5 Å². The van der Waals surface area contributed by atoms with Crippen LogP contribution >= 0.6 is 0 Å². The summed E-state index contributed by atoms with van der Waals surface area (Å²) in [6, 6.07) is 5.87. The first-order valence-corrected chi connectivity index (χ1v) is 10.6. The maximum Gasteiger partial charge on any atom is 0.410 e. The zero-order valence-corrected chi connectivity index (χ0v) is 17.7. The van der Waals surface area contributed by atoms with Gasteiger partial charge in [-0.15, -0.1) is 0 Å². The van der Waals surface area contributed by atoms with Crippen molar-refractivity contribution in [1.29, 1.82) is 0 Å². The second-order valence-corrected chi connectivity index (χ2v) is 7.99. The molecular weight excluding hydrogens is 427 g/mol. The molecule has 2 aromatic rings. The number of anilines is 1. The summed E-state index contributed by atoms with van der Waals surface area (Å²) >= 11 is 0. The minimum Gasteiger partial charge on any atom is -0.497 e. The molecule has 2 atom stereocenters. The van der Waals surface area contributed by atoms with E-state index in [2.05, 4.69) is 15.7 Å². The third-order valence-corrected chi connectivity index (χ3v) is 5.90. The molecule has 4 rings (SSSR count). The molecule has 0 unspecified atom stereocenters. The van der Waals surface area contributed by atoms with Crippen LogP contribution in [0.25, 0.3) is 0 Å². The second-order valence-electron chi connectivity index (χ2n) is 7.99. The summed E-state index contributed by atoms with van der Waals surface area (Å²) in [7, 11) is 1.53. The number of hydrogen-bond acceptors (Lipinski definition) is 5. The van der Waals surface area contributed by atoms with Crippen LogP contribution in [0.3, 0.4) is 0 Å². The van der Waals surface area contributed by atoms with E-state index in [9.17, 15) is 18.0 Å². The van der Waals surface area contributed by atoms with Crippen molar-refractivity contribution < 1.29 is 32.3 Å². The topological polar surface area (TPSA) is 81.9 Å². The molecule has 0 spiro atoms. The largest absolute Gasteiger partial charge is 0.497 e. The molecule has 1 amide bonds. The molecule has 1 fully saturated rings. The van der Waals surface area contributed by atoms with Crippen molar-refractivity contribution >= 4 is 11.7 Å². The third kappa shape index (κ3) is 4.99. The number of hydrogen-bond donors (Lipinski definition) is 3. The fraction of sp³-hybridized carbons (Fsp3) is 0.524. The van der Waals surface area contributed by atoms with Crippen molar-refractivity contribution in [1.82, 2.24) is 15.1 Å². The molecule has 0 bridgehead atoms. The molecule has 3 heterocycles. The quantitative estimate of drug-likeness (QED) is 0.611. The van der Waals surface area contributed by atoms with Gasteiger partial charge in [0.15, 0.2) is 11.7 Å². The maximum absolute atomic E-state index is 13.8. The van der Waals surface area contributed by atoms with Crippen LogP contribution in [-0.2, 0) is 4.74 Å². The highest BCUT2D eigenvalue weighted by Gasteiger charge is 2.46. The van der Waals surface area contributed by atoms with Crippen molar-refractivity contribution in [3.8, 4) is 5.75 Å². The van der Waals surface area contributed by atoms with Gasteiger partial charge < -0.3 is 25.0 Å². The van der Waals surface area contributed by atoms with Gasteiger partial charge in [0.2, 0.25) is 0 Å². The van der Waals surface area contributed by atoms with Gasteiger partial charge in [-0.3, -0.25) is 4.79 Å². The predicted octanol–water partition coefficient (Wildman–Crippen LogP) is 1.20. The van der Waals surface area contributed by atoms with Crippen LogP contribution in [0.4, 0.5) is 19.0 Å². The van der Waals surface area contributed by atoms with Gasteiger partial charge in [0.05, 0.1) is 39.5 Å². The number of amides is 1. The second kappa shape index (κ2) is 9.37. The Bertz CT molecular complexity index is 926. The van der Waals surface area contributed by atoms with E-state index in [1.54, 1.807) is 24.3 Å². The number of carbonyl (C=O) groups excluding carboxylic acids is 1. The first kappa shape index (κ1) is 22.4. The van der Waals surface area contributed by atoms with Gasteiger partial charge in [-0.2, -0.15) is 18.3 Å². The van der Waals surface area contributed by atoms with Crippen molar-refractivity contribution in [3.05, 3.63) is 41.6 Å². The van der Waals surface area contributed by atoms with Gasteiger partial charge in [-0.1, -0.05) is 12.1 Å². The maximum atomic E-state index is 13.8. The third-order valence-electron chi connectivity index (χ3n) is 5.90.